The molecule has 0 aromatic carbocycles. The van der Waals surface area contributed by atoms with Gasteiger partial charge in [0.05, 0.1) is 10.7 Å². The summed E-state index contributed by atoms with van der Waals surface area (Å²) in [7, 11) is 2.08. The molecule has 0 saturated carbocycles. The second kappa shape index (κ2) is 6.83. The van der Waals surface area contributed by atoms with Crippen molar-refractivity contribution in [3.05, 3.63) is 38.0 Å². The lowest BCUT2D eigenvalue weighted by molar-refractivity contribution is 0.318. The van der Waals surface area contributed by atoms with Crippen molar-refractivity contribution in [3.63, 3.8) is 0 Å². The van der Waals surface area contributed by atoms with Crippen molar-refractivity contribution in [1.82, 2.24) is 9.88 Å². The van der Waals surface area contributed by atoms with Crippen molar-refractivity contribution in [2.24, 2.45) is 0 Å². The number of rotatable bonds is 4. The number of hydrogen-bond acceptors (Lipinski definition) is 5. The van der Waals surface area contributed by atoms with Gasteiger partial charge in [-0.1, -0.05) is 11.8 Å². The number of aliphatic hydroxyl groups excluding tert-OH is 1. The van der Waals surface area contributed by atoms with E-state index in [0.29, 0.717) is 0 Å². The largest absolute Gasteiger partial charge is 0.384 e. The molecular formula is C14H16N2OS2. The Morgan fingerprint density at radius 3 is 2.89 bits per heavy atom. The van der Waals surface area contributed by atoms with Crippen LogP contribution >= 0.6 is 22.7 Å². The number of nitrogens with zero attached hydrogens (tertiary/aromatic N) is 2. The lowest BCUT2D eigenvalue weighted by Crippen LogP contribution is -2.17. The zero-order chi connectivity index (χ0) is 13.7. The van der Waals surface area contributed by atoms with Crippen molar-refractivity contribution in [1.29, 1.82) is 0 Å². The molecule has 0 bridgehead atoms. The molecule has 0 aliphatic heterocycles. The van der Waals surface area contributed by atoms with E-state index in [9.17, 15) is 0 Å². The summed E-state index contributed by atoms with van der Waals surface area (Å²) in [5, 5.41) is 14.0. The fourth-order valence-corrected chi connectivity index (χ4v) is 3.28. The fourth-order valence-electron chi connectivity index (χ4n) is 1.77. The van der Waals surface area contributed by atoms with Crippen LogP contribution in [0.25, 0.3) is 0 Å². The Kier molecular flexibility index (Phi) is 5.11. The van der Waals surface area contributed by atoms with Crippen LogP contribution in [0.2, 0.25) is 0 Å². The highest BCUT2D eigenvalue weighted by Gasteiger charge is 2.08. The molecule has 2 heterocycles. The minimum atomic E-state index is -0.0940. The minimum Gasteiger partial charge on any atom is -0.384 e. The van der Waals surface area contributed by atoms with Crippen molar-refractivity contribution in [2.45, 2.75) is 20.0 Å². The molecule has 0 atom stereocenters. The van der Waals surface area contributed by atoms with Gasteiger partial charge in [-0.2, -0.15) is 0 Å². The predicted octanol–water partition coefficient (Wildman–Crippen LogP) is 2.49. The van der Waals surface area contributed by atoms with E-state index in [-0.39, 0.29) is 6.61 Å². The van der Waals surface area contributed by atoms with Gasteiger partial charge >= 0.3 is 0 Å². The maximum absolute atomic E-state index is 8.75. The number of aliphatic hydroxyl groups is 1. The topological polar surface area (TPSA) is 36.4 Å². The zero-order valence-corrected chi connectivity index (χ0v) is 12.6. The molecule has 0 unspecified atom stereocenters. The van der Waals surface area contributed by atoms with Crippen molar-refractivity contribution < 1.29 is 5.11 Å². The van der Waals surface area contributed by atoms with Crippen LogP contribution in [0, 0.1) is 18.8 Å². The maximum atomic E-state index is 8.75. The van der Waals surface area contributed by atoms with Gasteiger partial charge in [-0.3, -0.25) is 4.90 Å². The Balaban J connectivity index is 1.99. The van der Waals surface area contributed by atoms with Gasteiger partial charge in [0.25, 0.3) is 0 Å². The summed E-state index contributed by atoms with van der Waals surface area (Å²) < 4.78 is 0. The van der Waals surface area contributed by atoms with Crippen molar-refractivity contribution in [2.75, 3.05) is 13.7 Å². The molecule has 0 aliphatic carbocycles. The first-order valence-electron chi connectivity index (χ1n) is 5.94. The van der Waals surface area contributed by atoms with Crippen LogP contribution < -0.4 is 0 Å². The quantitative estimate of drug-likeness (QED) is 0.880. The van der Waals surface area contributed by atoms with E-state index in [1.165, 1.54) is 4.88 Å². The molecule has 3 nitrogen and oxygen atoms in total. The third-order valence-corrected chi connectivity index (χ3v) is 4.29. The van der Waals surface area contributed by atoms with Gasteiger partial charge in [0.15, 0.2) is 0 Å². The average Bonchev–Trinajstić information content (AvgIpc) is 2.96. The van der Waals surface area contributed by atoms with Crippen LogP contribution in [0.5, 0.6) is 0 Å². The van der Waals surface area contributed by atoms with Gasteiger partial charge in [-0.25, -0.2) is 4.98 Å². The number of thiazole rings is 1. The third kappa shape index (κ3) is 4.15. The van der Waals surface area contributed by atoms with E-state index < -0.39 is 0 Å². The van der Waals surface area contributed by atoms with Crippen molar-refractivity contribution in [3.8, 4) is 11.8 Å². The molecule has 0 spiro atoms. The van der Waals surface area contributed by atoms with Crippen molar-refractivity contribution >= 4 is 22.7 Å². The number of hydrogen-bond donors (Lipinski definition) is 1. The Morgan fingerprint density at radius 1 is 1.37 bits per heavy atom. The molecule has 2 rings (SSSR count). The van der Waals surface area contributed by atoms with Gasteiger partial charge in [0.2, 0.25) is 0 Å². The Bertz CT molecular complexity index is 592. The highest BCUT2D eigenvalue weighted by molar-refractivity contribution is 7.10. The SMILES string of the molecule is Cc1nc(CN(C)Cc2sccc2C#CCO)cs1. The molecule has 2 aromatic rings. The summed E-state index contributed by atoms with van der Waals surface area (Å²) in [4.78, 5) is 7.93. The van der Waals surface area contributed by atoms with Crippen LogP contribution in [0.3, 0.4) is 0 Å². The highest BCUT2D eigenvalue weighted by Crippen LogP contribution is 2.19. The standard InChI is InChI=1S/C14H16N2OS2/c1-11-15-13(10-19-11)8-16(2)9-14-12(4-3-6-17)5-7-18-14/h5,7,10,17H,6,8-9H2,1-2H3. The molecule has 0 saturated heterocycles. The molecule has 0 amide bonds. The average molecular weight is 292 g/mol. The lowest BCUT2D eigenvalue weighted by Gasteiger charge is -2.14. The third-order valence-electron chi connectivity index (χ3n) is 2.56. The maximum Gasteiger partial charge on any atom is 0.104 e. The molecule has 1 N–H and O–H groups in total. The van der Waals surface area contributed by atoms with Crippen LogP contribution in [0.1, 0.15) is 21.1 Å². The van der Waals surface area contributed by atoms with E-state index in [0.717, 1.165) is 29.4 Å². The van der Waals surface area contributed by atoms with Crippen LogP contribution in [0.15, 0.2) is 16.8 Å². The van der Waals surface area contributed by atoms with Gasteiger partial charge in [0, 0.05) is 28.9 Å². The van der Waals surface area contributed by atoms with Gasteiger partial charge in [-0.15, -0.1) is 22.7 Å². The molecule has 0 fully saturated rings. The molecule has 19 heavy (non-hydrogen) atoms. The Hall–Kier alpha value is -1.19. The van der Waals surface area contributed by atoms with E-state index in [1.807, 2.05) is 18.4 Å². The van der Waals surface area contributed by atoms with Gasteiger partial charge in [-0.05, 0) is 25.4 Å². The summed E-state index contributed by atoms with van der Waals surface area (Å²) in [6.07, 6.45) is 0. The zero-order valence-electron chi connectivity index (χ0n) is 11.0. The van der Waals surface area contributed by atoms with Crippen LogP contribution in [-0.2, 0) is 13.1 Å². The van der Waals surface area contributed by atoms with E-state index in [1.54, 1.807) is 22.7 Å². The van der Waals surface area contributed by atoms with Gasteiger partial charge < -0.3 is 5.11 Å². The summed E-state index contributed by atoms with van der Waals surface area (Å²) in [5.74, 6) is 5.69. The molecular weight excluding hydrogens is 276 g/mol. The molecule has 2 aromatic heterocycles. The predicted molar refractivity (Wildman–Crippen MR) is 80.3 cm³/mol. The smallest absolute Gasteiger partial charge is 0.104 e. The summed E-state index contributed by atoms with van der Waals surface area (Å²) in [5.41, 5.74) is 2.13. The second-order valence-corrected chi connectivity index (χ2v) is 6.31. The Morgan fingerprint density at radius 2 is 2.21 bits per heavy atom. The fraction of sp³-hybridized carbons (Fsp3) is 0.357. The number of aryl methyl sites for hydroxylation is 1. The Labute approximate surface area is 121 Å². The van der Waals surface area contributed by atoms with E-state index >= 15 is 0 Å². The van der Waals surface area contributed by atoms with Crippen LogP contribution in [-0.4, -0.2) is 28.6 Å². The van der Waals surface area contributed by atoms with E-state index in [4.69, 9.17) is 5.11 Å². The number of thiophene rings is 1. The minimum absolute atomic E-state index is 0.0940. The molecule has 0 radical (unpaired) electrons. The first-order valence-corrected chi connectivity index (χ1v) is 7.70. The number of aromatic nitrogens is 1. The van der Waals surface area contributed by atoms with Crippen LogP contribution in [0.4, 0.5) is 0 Å². The summed E-state index contributed by atoms with van der Waals surface area (Å²) in [6.45, 7) is 3.62. The summed E-state index contributed by atoms with van der Waals surface area (Å²) >= 11 is 3.38. The highest BCUT2D eigenvalue weighted by atomic mass is 32.1. The first-order chi connectivity index (χ1) is 9.19. The monoisotopic (exact) mass is 292 g/mol. The lowest BCUT2D eigenvalue weighted by atomic mass is 10.2. The molecule has 0 aliphatic rings. The molecule has 100 valence electrons. The summed E-state index contributed by atoms with van der Waals surface area (Å²) in [6, 6.07) is 2.00. The molecule has 5 heteroatoms. The van der Waals surface area contributed by atoms with E-state index in [2.05, 4.69) is 34.2 Å². The first kappa shape index (κ1) is 14.2. The normalized spacial score (nSPS) is 10.5. The van der Waals surface area contributed by atoms with Gasteiger partial charge in [0.1, 0.15) is 6.61 Å². The second-order valence-electron chi connectivity index (χ2n) is 4.25.